The minimum Gasteiger partial charge on any atom is -0.480 e. The summed E-state index contributed by atoms with van der Waals surface area (Å²) in [5.74, 6) is -0.125. The molecule has 0 aromatic heterocycles. The van der Waals surface area contributed by atoms with Crippen molar-refractivity contribution in [3.63, 3.8) is 0 Å². The fraction of sp³-hybridized carbons (Fsp3) is 0.909. The number of hydrogen-bond acceptors (Lipinski definition) is 3. The topological polar surface area (TPSA) is 58.6 Å². The molecule has 0 aliphatic heterocycles. The highest BCUT2D eigenvalue weighted by Gasteiger charge is 2.15. The highest BCUT2D eigenvalue weighted by molar-refractivity contribution is 5.73. The van der Waals surface area contributed by atoms with Gasteiger partial charge in [-0.15, -0.1) is 0 Å². The quantitative estimate of drug-likeness (QED) is 0.575. The Hall–Kier alpha value is -0.610. The van der Waals surface area contributed by atoms with Crippen LogP contribution >= 0.6 is 0 Å². The number of methoxy groups -OCH3 is 1. The standard InChI is InChI=1S/C11H23NO3/c1-9(2)6-4-5-7-12-10(8-15-3)11(13)14/h9-10,12H,4-8H2,1-3H3,(H,13,14). The van der Waals surface area contributed by atoms with Gasteiger partial charge >= 0.3 is 5.97 Å². The van der Waals surface area contributed by atoms with Gasteiger partial charge in [-0.3, -0.25) is 4.79 Å². The van der Waals surface area contributed by atoms with Crippen LogP contribution in [-0.4, -0.2) is 37.4 Å². The highest BCUT2D eigenvalue weighted by Crippen LogP contribution is 2.05. The average molecular weight is 217 g/mol. The van der Waals surface area contributed by atoms with Gasteiger partial charge in [0.15, 0.2) is 0 Å². The third-order valence-electron chi connectivity index (χ3n) is 2.23. The molecule has 0 rings (SSSR count). The number of aliphatic carboxylic acids is 1. The van der Waals surface area contributed by atoms with Gasteiger partial charge in [-0.1, -0.05) is 26.7 Å². The van der Waals surface area contributed by atoms with E-state index in [0.29, 0.717) is 0 Å². The van der Waals surface area contributed by atoms with Gasteiger partial charge < -0.3 is 15.2 Å². The summed E-state index contributed by atoms with van der Waals surface area (Å²) in [7, 11) is 1.51. The first-order valence-corrected chi connectivity index (χ1v) is 5.53. The van der Waals surface area contributed by atoms with Crippen molar-refractivity contribution in [1.29, 1.82) is 0 Å². The lowest BCUT2D eigenvalue weighted by atomic mass is 10.1. The van der Waals surface area contributed by atoms with Crippen LogP contribution in [0.25, 0.3) is 0 Å². The first-order chi connectivity index (χ1) is 7.07. The summed E-state index contributed by atoms with van der Waals surface area (Å²) in [6.45, 7) is 5.35. The van der Waals surface area contributed by atoms with E-state index in [-0.39, 0.29) is 6.61 Å². The van der Waals surface area contributed by atoms with Crippen molar-refractivity contribution in [2.24, 2.45) is 5.92 Å². The van der Waals surface area contributed by atoms with E-state index in [4.69, 9.17) is 9.84 Å². The molecule has 1 atom stereocenters. The van der Waals surface area contributed by atoms with Gasteiger partial charge in [-0.05, 0) is 18.9 Å². The lowest BCUT2D eigenvalue weighted by Gasteiger charge is -2.13. The predicted molar refractivity (Wildman–Crippen MR) is 60.0 cm³/mol. The Morgan fingerprint density at radius 1 is 1.40 bits per heavy atom. The monoisotopic (exact) mass is 217 g/mol. The third kappa shape index (κ3) is 8.39. The zero-order valence-electron chi connectivity index (χ0n) is 9.95. The lowest BCUT2D eigenvalue weighted by Crippen LogP contribution is -2.40. The number of rotatable bonds is 9. The third-order valence-corrected chi connectivity index (χ3v) is 2.23. The molecule has 15 heavy (non-hydrogen) atoms. The van der Waals surface area contributed by atoms with Crippen molar-refractivity contribution in [1.82, 2.24) is 5.32 Å². The zero-order valence-corrected chi connectivity index (χ0v) is 9.95. The molecule has 0 aliphatic rings. The van der Waals surface area contributed by atoms with Crippen LogP contribution in [0.5, 0.6) is 0 Å². The number of carbonyl (C=O) groups is 1. The highest BCUT2D eigenvalue weighted by atomic mass is 16.5. The largest absolute Gasteiger partial charge is 0.480 e. The molecule has 1 unspecified atom stereocenters. The molecule has 0 spiro atoms. The Morgan fingerprint density at radius 2 is 2.07 bits per heavy atom. The van der Waals surface area contributed by atoms with Crippen molar-refractivity contribution in [2.45, 2.75) is 39.2 Å². The van der Waals surface area contributed by atoms with E-state index in [1.165, 1.54) is 13.5 Å². The minimum absolute atomic E-state index is 0.222. The van der Waals surface area contributed by atoms with Crippen molar-refractivity contribution >= 4 is 5.97 Å². The maximum absolute atomic E-state index is 10.7. The summed E-state index contributed by atoms with van der Waals surface area (Å²) in [5, 5.41) is 11.8. The van der Waals surface area contributed by atoms with Crippen molar-refractivity contribution in [3.05, 3.63) is 0 Å². The van der Waals surface area contributed by atoms with Crippen molar-refractivity contribution in [3.8, 4) is 0 Å². The van der Waals surface area contributed by atoms with Gasteiger partial charge in [0.25, 0.3) is 0 Å². The van der Waals surface area contributed by atoms with E-state index < -0.39 is 12.0 Å². The molecule has 4 heteroatoms. The molecule has 90 valence electrons. The summed E-state index contributed by atoms with van der Waals surface area (Å²) in [6.07, 6.45) is 3.36. The summed E-state index contributed by atoms with van der Waals surface area (Å²) in [6, 6.07) is -0.575. The molecule has 0 saturated heterocycles. The molecule has 0 amide bonds. The van der Waals surface area contributed by atoms with Crippen LogP contribution in [0.15, 0.2) is 0 Å². The summed E-state index contributed by atoms with van der Waals surface area (Å²) in [5.41, 5.74) is 0. The van der Waals surface area contributed by atoms with E-state index in [0.717, 1.165) is 25.3 Å². The lowest BCUT2D eigenvalue weighted by molar-refractivity contribution is -0.140. The van der Waals surface area contributed by atoms with Gasteiger partial charge in [-0.2, -0.15) is 0 Å². The second-order valence-corrected chi connectivity index (χ2v) is 4.19. The molecule has 0 bridgehead atoms. The van der Waals surface area contributed by atoms with Crippen LogP contribution in [0.3, 0.4) is 0 Å². The van der Waals surface area contributed by atoms with Crippen molar-refractivity contribution in [2.75, 3.05) is 20.3 Å². The minimum atomic E-state index is -0.847. The van der Waals surface area contributed by atoms with Crippen LogP contribution in [0, 0.1) is 5.92 Å². The van der Waals surface area contributed by atoms with Gasteiger partial charge in [0, 0.05) is 7.11 Å². The van der Waals surface area contributed by atoms with Crippen molar-refractivity contribution < 1.29 is 14.6 Å². The molecule has 0 aliphatic carbocycles. The molecule has 2 N–H and O–H groups in total. The first kappa shape index (κ1) is 14.4. The van der Waals surface area contributed by atoms with Gasteiger partial charge in [-0.25, -0.2) is 0 Å². The van der Waals surface area contributed by atoms with E-state index in [1.807, 2.05) is 0 Å². The normalized spacial score (nSPS) is 13.1. The van der Waals surface area contributed by atoms with E-state index in [1.54, 1.807) is 0 Å². The Labute approximate surface area is 92.0 Å². The smallest absolute Gasteiger partial charge is 0.323 e. The van der Waals surface area contributed by atoms with Crippen LogP contribution in [0.2, 0.25) is 0 Å². The maximum atomic E-state index is 10.7. The average Bonchev–Trinajstić information content (AvgIpc) is 2.15. The number of carboxylic acid groups (broad SMARTS) is 1. The number of ether oxygens (including phenoxy) is 1. The SMILES string of the molecule is COCC(NCCCCC(C)C)C(=O)O. The predicted octanol–water partition coefficient (Wildman–Crippen LogP) is 1.50. The summed E-state index contributed by atoms with van der Waals surface area (Å²) >= 11 is 0. The Balaban J connectivity index is 3.49. The second kappa shape index (κ2) is 8.68. The molecule has 0 aromatic carbocycles. The van der Waals surface area contributed by atoms with Gasteiger partial charge in [0.1, 0.15) is 6.04 Å². The number of carboxylic acids is 1. The summed E-state index contributed by atoms with van der Waals surface area (Å²) < 4.78 is 4.82. The second-order valence-electron chi connectivity index (χ2n) is 4.19. The molecular formula is C11H23NO3. The van der Waals surface area contributed by atoms with Crippen LogP contribution < -0.4 is 5.32 Å². The first-order valence-electron chi connectivity index (χ1n) is 5.53. The van der Waals surface area contributed by atoms with Crippen LogP contribution in [0.1, 0.15) is 33.1 Å². The van der Waals surface area contributed by atoms with Gasteiger partial charge in [0.2, 0.25) is 0 Å². The Kier molecular flexibility index (Phi) is 8.33. The molecular weight excluding hydrogens is 194 g/mol. The molecule has 0 saturated carbocycles. The van der Waals surface area contributed by atoms with Gasteiger partial charge in [0.05, 0.1) is 6.61 Å². The molecule has 0 aromatic rings. The Morgan fingerprint density at radius 3 is 2.53 bits per heavy atom. The molecule has 0 heterocycles. The fourth-order valence-corrected chi connectivity index (χ4v) is 1.34. The molecule has 0 fully saturated rings. The molecule has 4 nitrogen and oxygen atoms in total. The number of unbranched alkanes of at least 4 members (excludes halogenated alkanes) is 1. The van der Waals surface area contributed by atoms with Crippen LogP contribution in [0.4, 0.5) is 0 Å². The fourth-order valence-electron chi connectivity index (χ4n) is 1.34. The number of nitrogens with one attached hydrogen (secondary N) is 1. The summed E-state index contributed by atoms with van der Waals surface area (Å²) in [4.78, 5) is 10.7. The van der Waals surface area contributed by atoms with E-state index in [9.17, 15) is 4.79 Å². The van der Waals surface area contributed by atoms with E-state index in [2.05, 4.69) is 19.2 Å². The maximum Gasteiger partial charge on any atom is 0.323 e. The number of hydrogen-bond donors (Lipinski definition) is 2. The molecule has 0 radical (unpaired) electrons. The Bertz CT molecular complexity index is 171. The van der Waals surface area contributed by atoms with Crippen LogP contribution in [-0.2, 0) is 9.53 Å². The zero-order chi connectivity index (χ0) is 11.7. The van der Waals surface area contributed by atoms with E-state index >= 15 is 0 Å².